The number of amides is 2. The number of hydrogen-bond donors (Lipinski definition) is 3. The van der Waals surface area contributed by atoms with Gasteiger partial charge in [-0.3, -0.25) is 14.1 Å². The summed E-state index contributed by atoms with van der Waals surface area (Å²) in [5.41, 5.74) is 1.20. The normalized spacial score (nSPS) is 20.8. The van der Waals surface area contributed by atoms with Crippen LogP contribution in [0.15, 0.2) is 66.6 Å². The Kier molecular flexibility index (Phi) is 6.23. The summed E-state index contributed by atoms with van der Waals surface area (Å²) in [6.07, 6.45) is 4.98. The molecule has 10 nitrogen and oxygen atoms in total. The molecule has 0 bridgehead atoms. The van der Waals surface area contributed by atoms with Crippen molar-refractivity contribution in [3.63, 3.8) is 0 Å². The Morgan fingerprint density at radius 2 is 1.85 bits per heavy atom. The molecule has 3 atom stereocenters. The molecule has 0 spiro atoms. The molecule has 12 heteroatoms. The van der Waals surface area contributed by atoms with Gasteiger partial charge < -0.3 is 15.3 Å². The Bertz CT molecular complexity index is 1230. The van der Waals surface area contributed by atoms with Gasteiger partial charge in [-0.15, -0.1) is 11.8 Å². The standard InChI is InChI=1S/C21H19N3O7S2/c25-18(17(33(29,30)31)14-4-2-1-3-5-14)22-16-19(26)24-11-13(12-32-20(16)24)10-23-8-6-15(7-9-23)21(27)28/h1-9,11,16-17,20H,10,12H2,(H2-,22,25,27,28,29,30,31)/p+1/t16?,17?,20-/m1/s1. The lowest BCUT2D eigenvalue weighted by Gasteiger charge is -2.47. The lowest BCUT2D eigenvalue weighted by atomic mass is 10.1. The van der Waals surface area contributed by atoms with Gasteiger partial charge in [-0.2, -0.15) is 8.42 Å². The highest BCUT2D eigenvalue weighted by Gasteiger charge is 2.50. The molecule has 172 valence electrons. The highest BCUT2D eigenvalue weighted by atomic mass is 32.2. The molecule has 2 aromatic rings. The highest BCUT2D eigenvalue weighted by molar-refractivity contribution is 8.00. The minimum absolute atomic E-state index is 0.102. The fourth-order valence-corrected chi connectivity index (χ4v) is 5.79. The number of fused-ring (bicyclic) bond motifs is 1. The maximum absolute atomic E-state index is 12.7. The van der Waals surface area contributed by atoms with Crippen molar-refractivity contribution in [2.24, 2.45) is 0 Å². The van der Waals surface area contributed by atoms with E-state index < -0.39 is 33.3 Å². The van der Waals surface area contributed by atoms with Gasteiger partial charge in [0.05, 0.1) is 5.56 Å². The van der Waals surface area contributed by atoms with Gasteiger partial charge in [0.15, 0.2) is 24.2 Å². The second-order valence-electron chi connectivity index (χ2n) is 7.59. The van der Waals surface area contributed by atoms with Gasteiger partial charge in [-0.05, 0) is 5.56 Å². The molecule has 1 aromatic heterocycles. The first kappa shape index (κ1) is 23.0. The average molecular weight is 491 g/mol. The van der Waals surface area contributed by atoms with Crippen molar-refractivity contribution in [2.45, 2.75) is 23.2 Å². The number of nitrogens with zero attached hydrogens (tertiary/aromatic N) is 2. The van der Waals surface area contributed by atoms with Crippen LogP contribution in [0.3, 0.4) is 0 Å². The molecule has 0 saturated carbocycles. The Balaban J connectivity index is 1.43. The minimum atomic E-state index is -4.74. The molecule has 3 heterocycles. The average Bonchev–Trinajstić information content (AvgIpc) is 2.77. The maximum atomic E-state index is 12.7. The predicted molar refractivity (Wildman–Crippen MR) is 117 cm³/mol. The number of nitrogens with one attached hydrogen (secondary N) is 1. The van der Waals surface area contributed by atoms with E-state index in [0.29, 0.717) is 12.3 Å². The van der Waals surface area contributed by atoms with Crippen LogP contribution in [0.4, 0.5) is 0 Å². The summed E-state index contributed by atoms with van der Waals surface area (Å²) >= 11 is 1.42. The zero-order valence-corrected chi connectivity index (χ0v) is 18.7. The molecule has 2 aliphatic heterocycles. The van der Waals surface area contributed by atoms with Gasteiger partial charge in [-0.25, -0.2) is 9.36 Å². The van der Waals surface area contributed by atoms with Crippen LogP contribution < -0.4 is 9.88 Å². The quantitative estimate of drug-likeness (QED) is 0.290. The van der Waals surface area contributed by atoms with Crippen LogP contribution in [-0.4, -0.2) is 57.9 Å². The Hall–Kier alpha value is -3.22. The molecule has 1 saturated heterocycles. The highest BCUT2D eigenvalue weighted by Crippen LogP contribution is 2.36. The van der Waals surface area contributed by atoms with Crippen molar-refractivity contribution in [1.82, 2.24) is 10.2 Å². The third kappa shape index (κ3) is 4.77. The van der Waals surface area contributed by atoms with Gasteiger partial charge >= 0.3 is 5.97 Å². The van der Waals surface area contributed by atoms with Crippen molar-refractivity contribution < 1.29 is 37.0 Å². The van der Waals surface area contributed by atoms with E-state index in [1.807, 2.05) is 0 Å². The van der Waals surface area contributed by atoms with Crippen LogP contribution in [0.5, 0.6) is 0 Å². The Morgan fingerprint density at radius 1 is 1.18 bits per heavy atom. The van der Waals surface area contributed by atoms with Crippen molar-refractivity contribution in [3.8, 4) is 0 Å². The van der Waals surface area contributed by atoms with E-state index in [-0.39, 0.29) is 22.4 Å². The molecule has 3 N–H and O–H groups in total. The number of thioether (sulfide) groups is 1. The van der Waals surface area contributed by atoms with Gasteiger partial charge in [0, 0.05) is 29.7 Å². The zero-order valence-electron chi connectivity index (χ0n) is 17.1. The summed E-state index contributed by atoms with van der Waals surface area (Å²) in [7, 11) is -4.74. The van der Waals surface area contributed by atoms with Gasteiger partial charge in [0.1, 0.15) is 11.4 Å². The summed E-state index contributed by atoms with van der Waals surface area (Å²) in [4.78, 5) is 37.8. The first-order valence-corrected chi connectivity index (χ1v) is 12.4. The van der Waals surface area contributed by atoms with Crippen LogP contribution in [0.25, 0.3) is 0 Å². The Morgan fingerprint density at radius 3 is 2.45 bits per heavy atom. The van der Waals surface area contributed by atoms with Crippen molar-refractivity contribution in [1.29, 1.82) is 0 Å². The molecule has 1 fully saturated rings. The molecular formula is C21H20N3O7S2+. The number of carboxylic acids is 1. The summed E-state index contributed by atoms with van der Waals surface area (Å²) in [6, 6.07) is 9.64. The van der Waals surface area contributed by atoms with Crippen molar-refractivity contribution in [2.75, 3.05) is 5.75 Å². The molecule has 1 aromatic carbocycles. The Labute approximate surface area is 193 Å². The summed E-state index contributed by atoms with van der Waals surface area (Å²) in [5, 5.41) is 9.24. The topological polar surface area (TPSA) is 145 Å². The van der Waals surface area contributed by atoms with Gasteiger partial charge in [-0.1, -0.05) is 30.3 Å². The second-order valence-corrected chi connectivity index (χ2v) is 10.2. The smallest absolute Gasteiger partial charge is 0.336 e. The maximum Gasteiger partial charge on any atom is 0.336 e. The number of aromatic nitrogens is 1. The molecular weight excluding hydrogens is 470 g/mol. The minimum Gasteiger partial charge on any atom is -0.478 e. The molecule has 2 aliphatic rings. The number of β-lactam (4-membered cyclic amide) rings is 1. The van der Waals surface area contributed by atoms with E-state index in [9.17, 15) is 27.4 Å². The van der Waals surface area contributed by atoms with E-state index in [4.69, 9.17) is 5.11 Å². The summed E-state index contributed by atoms with van der Waals surface area (Å²) in [5.74, 6) is -1.80. The lowest BCUT2D eigenvalue weighted by Crippen LogP contribution is -2.69. The van der Waals surface area contributed by atoms with E-state index in [1.165, 1.54) is 40.9 Å². The summed E-state index contributed by atoms with van der Waals surface area (Å²) < 4.78 is 35.1. The van der Waals surface area contributed by atoms with E-state index in [1.54, 1.807) is 41.4 Å². The van der Waals surface area contributed by atoms with Crippen LogP contribution in [0, 0.1) is 0 Å². The monoisotopic (exact) mass is 490 g/mol. The van der Waals surface area contributed by atoms with E-state index in [0.717, 1.165) is 5.57 Å². The van der Waals surface area contributed by atoms with Gasteiger partial charge in [0.25, 0.3) is 16.0 Å². The molecule has 2 amide bonds. The number of carbonyl (C=O) groups is 3. The number of aromatic carboxylic acids is 1. The SMILES string of the molecule is O=C(O)c1cc[n+](CC2=CN3C(=O)C(NC(=O)C(c4ccccc4)S(=O)(=O)O)[C@H]3SC2)cc1. The zero-order chi connectivity index (χ0) is 23.8. The van der Waals surface area contributed by atoms with Crippen molar-refractivity contribution >= 4 is 39.7 Å². The van der Waals surface area contributed by atoms with Crippen LogP contribution in [0.2, 0.25) is 0 Å². The largest absolute Gasteiger partial charge is 0.478 e. The van der Waals surface area contributed by atoms with E-state index >= 15 is 0 Å². The molecule has 0 aliphatic carbocycles. The van der Waals surface area contributed by atoms with Gasteiger partial charge in [0.2, 0.25) is 5.91 Å². The molecule has 0 radical (unpaired) electrons. The molecule has 33 heavy (non-hydrogen) atoms. The third-order valence-electron chi connectivity index (χ3n) is 5.30. The summed E-state index contributed by atoms with van der Waals surface area (Å²) in [6.45, 7) is 0.458. The third-order valence-corrected chi connectivity index (χ3v) is 7.76. The number of pyridine rings is 1. The lowest BCUT2D eigenvalue weighted by molar-refractivity contribution is -0.689. The van der Waals surface area contributed by atoms with Crippen molar-refractivity contribution in [3.05, 3.63) is 77.8 Å². The number of rotatable bonds is 7. The van der Waals surface area contributed by atoms with Crippen LogP contribution >= 0.6 is 11.8 Å². The first-order valence-electron chi connectivity index (χ1n) is 9.82. The number of hydrogen-bond acceptors (Lipinski definition) is 6. The fraction of sp³-hybridized carbons (Fsp3) is 0.238. The molecule has 4 rings (SSSR count). The second kappa shape index (κ2) is 8.96. The number of benzene rings is 1. The molecule has 2 unspecified atom stereocenters. The number of carboxylic acid groups (broad SMARTS) is 1. The van der Waals surface area contributed by atoms with E-state index in [2.05, 4.69) is 5.32 Å². The predicted octanol–water partition coefficient (Wildman–Crippen LogP) is 0.585. The first-order chi connectivity index (χ1) is 15.6. The van der Waals surface area contributed by atoms with Crippen LogP contribution in [-0.2, 0) is 26.3 Å². The van der Waals surface area contributed by atoms with Crippen LogP contribution in [0.1, 0.15) is 21.2 Å². The fourth-order valence-electron chi connectivity index (χ4n) is 3.70. The number of carbonyl (C=O) groups excluding carboxylic acids is 2.